The van der Waals surface area contributed by atoms with Crippen molar-refractivity contribution < 1.29 is 4.74 Å². The Labute approximate surface area is 133 Å². The summed E-state index contributed by atoms with van der Waals surface area (Å²) in [6.45, 7) is 5.05. The van der Waals surface area contributed by atoms with E-state index in [9.17, 15) is 5.26 Å². The molecule has 0 aromatic carbocycles. The highest BCUT2D eigenvalue weighted by Gasteiger charge is 2.46. The number of nitriles is 1. The van der Waals surface area contributed by atoms with Gasteiger partial charge in [-0.15, -0.1) is 5.92 Å². The highest BCUT2D eigenvalue weighted by Crippen LogP contribution is 2.36. The third-order valence-corrected chi connectivity index (χ3v) is 5.25. The highest BCUT2D eigenvalue weighted by atomic mass is 16.5. The number of rotatable bonds is 2. The molecule has 5 unspecified atom stereocenters. The molecule has 3 aliphatic rings. The predicted octanol–water partition coefficient (Wildman–Crippen LogP) is 0.536. The molecule has 3 heterocycles. The Morgan fingerprint density at radius 1 is 1.32 bits per heavy atom. The summed E-state index contributed by atoms with van der Waals surface area (Å²) in [5.41, 5.74) is 0. The van der Waals surface area contributed by atoms with Crippen molar-refractivity contribution in [2.24, 2.45) is 11.8 Å². The van der Waals surface area contributed by atoms with Crippen molar-refractivity contribution in [3.63, 3.8) is 0 Å². The molecule has 0 aromatic rings. The largest absolute Gasteiger partial charge is 0.358 e. The van der Waals surface area contributed by atoms with Crippen molar-refractivity contribution in [2.45, 2.75) is 50.6 Å². The van der Waals surface area contributed by atoms with Crippen molar-refractivity contribution in [2.75, 3.05) is 26.7 Å². The van der Waals surface area contributed by atoms with Crippen LogP contribution in [0, 0.1) is 35.0 Å². The summed E-state index contributed by atoms with van der Waals surface area (Å²) < 4.78 is 5.96. The van der Waals surface area contributed by atoms with Crippen LogP contribution in [0.2, 0.25) is 0 Å². The fraction of sp³-hybridized carbons (Fsp3) is 0.824. The molecule has 22 heavy (non-hydrogen) atoms. The van der Waals surface area contributed by atoms with Gasteiger partial charge >= 0.3 is 0 Å². The second-order valence-electron chi connectivity index (χ2n) is 6.75. The summed E-state index contributed by atoms with van der Waals surface area (Å²) in [5.74, 6) is 6.53. The predicted molar refractivity (Wildman–Crippen MR) is 84.8 cm³/mol. The summed E-state index contributed by atoms with van der Waals surface area (Å²) in [7, 11) is 2.18. The zero-order valence-corrected chi connectivity index (χ0v) is 13.5. The van der Waals surface area contributed by atoms with Crippen molar-refractivity contribution in [1.29, 1.82) is 5.26 Å². The Hall–Kier alpha value is -1.11. The number of likely N-dealkylation sites (tertiary alicyclic amines) is 1. The van der Waals surface area contributed by atoms with E-state index in [4.69, 9.17) is 4.74 Å². The molecule has 2 N–H and O–H groups in total. The molecule has 0 bridgehead atoms. The highest BCUT2D eigenvalue weighted by molar-refractivity contribution is 5.16. The van der Waals surface area contributed by atoms with Gasteiger partial charge in [-0.1, -0.05) is 5.92 Å². The zero-order valence-electron chi connectivity index (χ0n) is 13.5. The smallest absolute Gasteiger partial charge is 0.158 e. The molecule has 3 saturated heterocycles. The number of piperidine rings is 2. The van der Waals surface area contributed by atoms with E-state index < -0.39 is 0 Å². The standard InChI is InChI=1S/C17H26N4O/c1-3-4-13-14-11-19-17(9-15(14)22-16(13)10-18)20-12-5-7-21(2)8-6-12/h12-17,19-20H,5-9,11H2,1-2H3. The van der Waals surface area contributed by atoms with E-state index in [-0.39, 0.29) is 18.1 Å². The van der Waals surface area contributed by atoms with Gasteiger partial charge in [0.05, 0.1) is 24.3 Å². The summed E-state index contributed by atoms with van der Waals surface area (Å²) >= 11 is 0. The molecule has 0 amide bonds. The van der Waals surface area contributed by atoms with Crippen molar-refractivity contribution >= 4 is 0 Å². The van der Waals surface area contributed by atoms with Crippen molar-refractivity contribution in [3.05, 3.63) is 0 Å². The average molecular weight is 302 g/mol. The first-order valence-electron chi connectivity index (χ1n) is 8.36. The van der Waals surface area contributed by atoms with Crippen LogP contribution in [-0.2, 0) is 4.74 Å². The molecule has 5 heteroatoms. The summed E-state index contributed by atoms with van der Waals surface area (Å²) in [5, 5.41) is 16.6. The van der Waals surface area contributed by atoms with E-state index in [1.807, 2.05) is 6.92 Å². The van der Waals surface area contributed by atoms with Crippen LogP contribution < -0.4 is 10.6 Å². The molecule has 0 spiro atoms. The molecule has 0 radical (unpaired) electrons. The fourth-order valence-electron chi connectivity index (χ4n) is 3.96. The first kappa shape index (κ1) is 15.8. The zero-order chi connectivity index (χ0) is 15.5. The summed E-state index contributed by atoms with van der Waals surface area (Å²) in [6.07, 6.45) is 3.41. The van der Waals surface area contributed by atoms with Gasteiger partial charge in [-0.25, -0.2) is 0 Å². The second-order valence-corrected chi connectivity index (χ2v) is 6.75. The Kier molecular flexibility index (Phi) is 5.00. The Bertz CT molecular complexity index is 483. The maximum Gasteiger partial charge on any atom is 0.158 e. The molecule has 5 atom stereocenters. The van der Waals surface area contributed by atoms with Crippen molar-refractivity contribution in [3.8, 4) is 17.9 Å². The number of fused-ring (bicyclic) bond motifs is 1. The Balaban J connectivity index is 1.56. The van der Waals surface area contributed by atoms with Gasteiger partial charge in [0.25, 0.3) is 0 Å². The third kappa shape index (κ3) is 3.29. The number of ether oxygens (including phenoxy) is 1. The van der Waals surface area contributed by atoms with Crippen LogP contribution in [0.1, 0.15) is 26.2 Å². The SMILES string of the molecule is CC#CC1C(C#N)OC2CC(NC3CCN(C)CC3)NCC21. The van der Waals surface area contributed by atoms with Gasteiger partial charge in [-0.05, 0) is 39.9 Å². The maximum atomic E-state index is 9.28. The number of hydrogen-bond donors (Lipinski definition) is 2. The second kappa shape index (κ2) is 6.98. The van der Waals surface area contributed by atoms with Crippen LogP contribution in [0.4, 0.5) is 0 Å². The van der Waals surface area contributed by atoms with Crippen LogP contribution in [0.25, 0.3) is 0 Å². The van der Waals surface area contributed by atoms with Crippen LogP contribution in [-0.4, -0.2) is 56.0 Å². The van der Waals surface area contributed by atoms with E-state index >= 15 is 0 Å². The lowest BCUT2D eigenvalue weighted by atomic mass is 9.83. The van der Waals surface area contributed by atoms with Gasteiger partial charge in [-0.2, -0.15) is 5.26 Å². The Morgan fingerprint density at radius 3 is 2.77 bits per heavy atom. The molecular weight excluding hydrogens is 276 g/mol. The van der Waals surface area contributed by atoms with E-state index in [0.29, 0.717) is 18.1 Å². The van der Waals surface area contributed by atoms with Gasteiger partial charge in [-0.3, -0.25) is 5.32 Å². The molecular formula is C17H26N4O. The van der Waals surface area contributed by atoms with E-state index in [1.165, 1.54) is 12.8 Å². The number of hydrogen-bond acceptors (Lipinski definition) is 5. The van der Waals surface area contributed by atoms with Gasteiger partial charge in [0.1, 0.15) is 0 Å². The molecule has 3 fully saturated rings. The van der Waals surface area contributed by atoms with Crippen LogP contribution in [0.15, 0.2) is 0 Å². The molecule has 3 aliphatic heterocycles. The lowest BCUT2D eigenvalue weighted by molar-refractivity contribution is 0.0265. The molecule has 120 valence electrons. The van der Waals surface area contributed by atoms with Gasteiger partial charge < -0.3 is 15.0 Å². The molecule has 3 rings (SSSR count). The first-order chi connectivity index (χ1) is 10.7. The van der Waals surface area contributed by atoms with Gasteiger partial charge in [0.15, 0.2) is 6.10 Å². The molecule has 5 nitrogen and oxygen atoms in total. The lowest BCUT2D eigenvalue weighted by Gasteiger charge is -2.37. The molecule has 0 aromatic heterocycles. The summed E-state index contributed by atoms with van der Waals surface area (Å²) in [4.78, 5) is 2.38. The number of nitrogens with zero attached hydrogens (tertiary/aromatic N) is 2. The van der Waals surface area contributed by atoms with Gasteiger partial charge in [0, 0.05) is 24.9 Å². The minimum atomic E-state index is -0.369. The maximum absolute atomic E-state index is 9.28. The van der Waals surface area contributed by atoms with E-state index in [1.54, 1.807) is 0 Å². The third-order valence-electron chi connectivity index (χ3n) is 5.25. The monoisotopic (exact) mass is 302 g/mol. The minimum absolute atomic E-state index is 0.0526. The Morgan fingerprint density at radius 2 is 2.09 bits per heavy atom. The molecule has 0 saturated carbocycles. The quantitative estimate of drug-likeness (QED) is 0.729. The van der Waals surface area contributed by atoms with E-state index in [2.05, 4.69) is 40.5 Å². The topological polar surface area (TPSA) is 60.3 Å². The normalized spacial score (nSPS) is 39.6. The van der Waals surface area contributed by atoms with E-state index in [0.717, 1.165) is 26.1 Å². The van der Waals surface area contributed by atoms with Gasteiger partial charge in [0.2, 0.25) is 0 Å². The molecule has 0 aliphatic carbocycles. The van der Waals surface area contributed by atoms with Crippen molar-refractivity contribution in [1.82, 2.24) is 15.5 Å². The van der Waals surface area contributed by atoms with Crippen LogP contribution in [0.3, 0.4) is 0 Å². The lowest BCUT2D eigenvalue weighted by Crippen LogP contribution is -2.57. The summed E-state index contributed by atoms with van der Waals surface area (Å²) in [6, 6.07) is 2.87. The fourth-order valence-corrected chi connectivity index (χ4v) is 3.96. The first-order valence-corrected chi connectivity index (χ1v) is 8.36. The number of nitrogens with one attached hydrogen (secondary N) is 2. The average Bonchev–Trinajstić information content (AvgIpc) is 2.87. The minimum Gasteiger partial charge on any atom is -0.358 e. The van der Waals surface area contributed by atoms with Crippen LogP contribution in [0.5, 0.6) is 0 Å². The van der Waals surface area contributed by atoms with Crippen LogP contribution >= 0.6 is 0 Å².